The van der Waals surface area contributed by atoms with Crippen LogP contribution in [0.15, 0.2) is 42.5 Å². The zero-order chi connectivity index (χ0) is 20.3. The van der Waals surface area contributed by atoms with E-state index in [9.17, 15) is 10.2 Å². The molecule has 2 aromatic rings. The van der Waals surface area contributed by atoms with E-state index in [0.717, 1.165) is 29.0 Å². The summed E-state index contributed by atoms with van der Waals surface area (Å²) in [6.45, 7) is 3.20. The summed E-state index contributed by atoms with van der Waals surface area (Å²) in [5.41, 5.74) is 0.758. The van der Waals surface area contributed by atoms with Crippen molar-refractivity contribution < 1.29 is 24.4 Å². The molecule has 6 heteroatoms. The van der Waals surface area contributed by atoms with E-state index in [1.807, 2.05) is 42.5 Å². The van der Waals surface area contributed by atoms with E-state index < -0.39 is 11.7 Å². The highest BCUT2D eigenvalue weighted by Crippen LogP contribution is 2.38. The molecule has 0 aliphatic carbocycles. The van der Waals surface area contributed by atoms with Gasteiger partial charge in [0.25, 0.3) is 0 Å². The Kier molecular flexibility index (Phi) is 5.94. The van der Waals surface area contributed by atoms with Crippen molar-refractivity contribution >= 4 is 0 Å². The minimum Gasteiger partial charge on any atom is -0.496 e. The van der Waals surface area contributed by atoms with Crippen LogP contribution in [0.2, 0.25) is 0 Å². The SMILES string of the molecule is COc1ccccc1C1(O)CCN(C[C@@H](O)c2ccc3c(c2)OCCCO3)CC1. The normalized spacial score (nSPS) is 20.0. The lowest BCUT2D eigenvalue weighted by Gasteiger charge is -2.39. The number of para-hydroxylation sites is 1. The highest BCUT2D eigenvalue weighted by atomic mass is 16.5. The molecule has 0 radical (unpaired) electrons. The van der Waals surface area contributed by atoms with Crippen molar-refractivity contribution in [1.29, 1.82) is 0 Å². The number of hydrogen-bond acceptors (Lipinski definition) is 6. The second-order valence-corrected chi connectivity index (χ2v) is 7.80. The number of benzene rings is 2. The minimum atomic E-state index is -0.899. The summed E-state index contributed by atoms with van der Waals surface area (Å²) in [7, 11) is 1.63. The van der Waals surface area contributed by atoms with Crippen LogP contribution in [0.3, 0.4) is 0 Å². The van der Waals surface area contributed by atoms with Crippen molar-refractivity contribution in [1.82, 2.24) is 4.90 Å². The molecule has 156 valence electrons. The first-order chi connectivity index (χ1) is 14.1. The molecule has 4 rings (SSSR count). The van der Waals surface area contributed by atoms with Gasteiger partial charge in [-0.15, -0.1) is 0 Å². The molecular weight excluding hydrogens is 370 g/mol. The lowest BCUT2D eigenvalue weighted by Crippen LogP contribution is -2.44. The first-order valence-electron chi connectivity index (χ1n) is 10.2. The van der Waals surface area contributed by atoms with Gasteiger partial charge in [0.15, 0.2) is 11.5 Å². The van der Waals surface area contributed by atoms with Crippen LogP contribution < -0.4 is 14.2 Å². The standard InChI is InChI=1S/C23H29NO5/c1-27-20-6-3-2-5-18(20)23(26)9-11-24(12-10-23)16-19(25)17-7-8-21-22(15-17)29-14-4-13-28-21/h2-3,5-8,15,19,25-26H,4,9-14,16H2,1H3/t19-/m1/s1. The summed E-state index contributed by atoms with van der Waals surface area (Å²) in [6.07, 6.45) is 1.43. The molecule has 0 aromatic heterocycles. The number of hydrogen-bond donors (Lipinski definition) is 2. The summed E-state index contributed by atoms with van der Waals surface area (Å²) >= 11 is 0. The van der Waals surface area contributed by atoms with Crippen LogP contribution in [0.1, 0.15) is 36.5 Å². The fourth-order valence-electron chi connectivity index (χ4n) is 4.14. The molecule has 29 heavy (non-hydrogen) atoms. The maximum atomic E-state index is 11.2. The van der Waals surface area contributed by atoms with E-state index in [-0.39, 0.29) is 0 Å². The van der Waals surface area contributed by atoms with E-state index in [1.54, 1.807) is 7.11 Å². The van der Waals surface area contributed by atoms with Crippen molar-refractivity contribution in [2.75, 3.05) is 40.0 Å². The summed E-state index contributed by atoms with van der Waals surface area (Å²) in [6, 6.07) is 13.3. The molecule has 0 amide bonds. The lowest BCUT2D eigenvalue weighted by atomic mass is 9.83. The maximum absolute atomic E-state index is 11.2. The second kappa shape index (κ2) is 8.61. The highest BCUT2D eigenvalue weighted by Gasteiger charge is 2.36. The van der Waals surface area contributed by atoms with Gasteiger partial charge in [0.2, 0.25) is 0 Å². The van der Waals surface area contributed by atoms with Crippen molar-refractivity contribution in [3.8, 4) is 17.2 Å². The van der Waals surface area contributed by atoms with E-state index >= 15 is 0 Å². The molecule has 2 N–H and O–H groups in total. The number of likely N-dealkylation sites (tertiary alicyclic amines) is 1. The van der Waals surface area contributed by atoms with E-state index in [0.29, 0.717) is 51.4 Å². The van der Waals surface area contributed by atoms with Crippen LogP contribution in [0.4, 0.5) is 0 Å². The number of β-amino-alcohol motifs (C(OH)–C–C–N with tert-alkyl or cyclic N) is 1. The summed E-state index contributed by atoms with van der Waals surface area (Å²) in [5, 5.41) is 21.9. The van der Waals surface area contributed by atoms with Gasteiger partial charge < -0.3 is 29.3 Å². The van der Waals surface area contributed by atoms with Gasteiger partial charge in [0.05, 0.1) is 32.0 Å². The molecule has 2 aliphatic heterocycles. The number of piperidine rings is 1. The molecule has 6 nitrogen and oxygen atoms in total. The maximum Gasteiger partial charge on any atom is 0.161 e. The van der Waals surface area contributed by atoms with Crippen LogP contribution in [0, 0.1) is 0 Å². The Bertz CT molecular complexity index is 832. The third-order valence-electron chi connectivity index (χ3n) is 5.88. The van der Waals surface area contributed by atoms with Gasteiger partial charge in [-0.05, 0) is 36.6 Å². The zero-order valence-electron chi connectivity index (χ0n) is 16.8. The third-order valence-corrected chi connectivity index (χ3v) is 5.88. The molecule has 0 saturated carbocycles. The van der Waals surface area contributed by atoms with Gasteiger partial charge in [-0.1, -0.05) is 24.3 Å². The largest absolute Gasteiger partial charge is 0.496 e. The predicted octanol–water partition coefficient (Wildman–Crippen LogP) is 2.87. The van der Waals surface area contributed by atoms with Gasteiger partial charge in [-0.3, -0.25) is 0 Å². The number of nitrogens with zero attached hydrogens (tertiary/aromatic N) is 1. The topological polar surface area (TPSA) is 71.4 Å². The Morgan fingerprint density at radius 2 is 1.79 bits per heavy atom. The molecule has 0 unspecified atom stereocenters. The number of ether oxygens (including phenoxy) is 3. The van der Waals surface area contributed by atoms with Crippen LogP contribution in [-0.2, 0) is 5.60 Å². The van der Waals surface area contributed by atoms with Crippen LogP contribution in [-0.4, -0.2) is 55.1 Å². The first-order valence-corrected chi connectivity index (χ1v) is 10.2. The van der Waals surface area contributed by atoms with Crippen LogP contribution in [0.25, 0.3) is 0 Å². The number of rotatable bonds is 5. The molecular formula is C23H29NO5. The fraction of sp³-hybridized carbons (Fsp3) is 0.478. The molecule has 1 atom stereocenters. The summed E-state index contributed by atoms with van der Waals surface area (Å²) in [4.78, 5) is 2.19. The smallest absolute Gasteiger partial charge is 0.161 e. The predicted molar refractivity (Wildman–Crippen MR) is 110 cm³/mol. The molecule has 2 aromatic carbocycles. The Balaban J connectivity index is 1.39. The molecule has 1 fully saturated rings. The molecule has 1 saturated heterocycles. The summed E-state index contributed by atoms with van der Waals surface area (Å²) < 4.78 is 16.8. The number of aliphatic hydroxyl groups excluding tert-OH is 1. The Hall–Kier alpha value is -2.28. The van der Waals surface area contributed by atoms with Gasteiger partial charge in [-0.25, -0.2) is 0 Å². The Labute approximate surface area is 171 Å². The van der Waals surface area contributed by atoms with E-state index in [2.05, 4.69) is 4.90 Å². The number of fused-ring (bicyclic) bond motifs is 1. The van der Waals surface area contributed by atoms with Crippen molar-refractivity contribution in [3.63, 3.8) is 0 Å². The molecule has 2 heterocycles. The highest BCUT2D eigenvalue weighted by molar-refractivity contribution is 5.44. The average molecular weight is 399 g/mol. The second-order valence-electron chi connectivity index (χ2n) is 7.80. The van der Waals surface area contributed by atoms with Crippen LogP contribution >= 0.6 is 0 Å². The third kappa shape index (κ3) is 4.34. The van der Waals surface area contributed by atoms with E-state index in [1.165, 1.54) is 0 Å². The minimum absolute atomic E-state index is 0.516. The van der Waals surface area contributed by atoms with Crippen molar-refractivity contribution in [3.05, 3.63) is 53.6 Å². The van der Waals surface area contributed by atoms with Gasteiger partial charge in [-0.2, -0.15) is 0 Å². The van der Waals surface area contributed by atoms with Crippen molar-refractivity contribution in [2.45, 2.75) is 31.0 Å². The Morgan fingerprint density at radius 1 is 1.07 bits per heavy atom. The first kappa shape index (κ1) is 20.0. The lowest BCUT2D eigenvalue weighted by molar-refractivity contribution is -0.0358. The average Bonchev–Trinajstić information content (AvgIpc) is 3.00. The zero-order valence-corrected chi connectivity index (χ0v) is 16.8. The van der Waals surface area contributed by atoms with Crippen molar-refractivity contribution in [2.24, 2.45) is 0 Å². The monoisotopic (exact) mass is 399 g/mol. The number of methoxy groups -OCH3 is 1. The summed E-state index contributed by atoms with van der Waals surface area (Å²) in [5.74, 6) is 2.15. The van der Waals surface area contributed by atoms with Gasteiger partial charge in [0.1, 0.15) is 5.75 Å². The molecule has 0 spiro atoms. The van der Waals surface area contributed by atoms with Gasteiger partial charge >= 0.3 is 0 Å². The Morgan fingerprint density at radius 3 is 2.55 bits per heavy atom. The van der Waals surface area contributed by atoms with Gasteiger partial charge in [0, 0.05) is 31.6 Å². The number of aliphatic hydroxyl groups is 2. The quantitative estimate of drug-likeness (QED) is 0.806. The van der Waals surface area contributed by atoms with E-state index in [4.69, 9.17) is 14.2 Å². The molecule has 2 aliphatic rings. The fourth-order valence-corrected chi connectivity index (χ4v) is 4.14. The molecule has 0 bridgehead atoms. The van der Waals surface area contributed by atoms with Crippen LogP contribution in [0.5, 0.6) is 17.2 Å².